The molecule has 28 heavy (non-hydrogen) atoms. The first-order valence-corrected chi connectivity index (χ1v) is 9.04. The Hall–Kier alpha value is -2.77. The van der Waals surface area contributed by atoms with Crippen molar-refractivity contribution >= 4 is 29.1 Å². The topological polar surface area (TPSA) is 77.1 Å². The van der Waals surface area contributed by atoms with Gasteiger partial charge in [-0.15, -0.1) is 0 Å². The van der Waals surface area contributed by atoms with E-state index in [1.165, 1.54) is 4.90 Å². The highest BCUT2D eigenvalue weighted by Gasteiger charge is 2.34. The van der Waals surface area contributed by atoms with Gasteiger partial charge in [0.2, 0.25) is 11.8 Å². The van der Waals surface area contributed by atoms with Crippen molar-refractivity contribution in [3.63, 3.8) is 0 Å². The number of carbonyl (C=O) groups excluding carboxylic acids is 2. The largest absolute Gasteiger partial charge is 0.497 e. The maximum Gasteiger partial charge on any atom is 0.249 e. The molecule has 0 aromatic heterocycles. The Labute approximate surface area is 168 Å². The molecule has 0 spiro atoms. The van der Waals surface area contributed by atoms with Crippen LogP contribution in [0.25, 0.3) is 0 Å². The number of amides is 2. The second-order valence-corrected chi connectivity index (χ2v) is 6.66. The number of nitrogens with zero attached hydrogens (tertiary/aromatic N) is 1. The first-order valence-electron chi connectivity index (χ1n) is 8.66. The number of halogens is 1. The molecule has 7 nitrogen and oxygen atoms in total. The first-order chi connectivity index (χ1) is 13.5. The Morgan fingerprint density at radius 2 is 1.96 bits per heavy atom. The van der Waals surface area contributed by atoms with E-state index in [0.29, 0.717) is 22.2 Å². The number of nitrogens with one attached hydrogen (secondary N) is 1. The van der Waals surface area contributed by atoms with Crippen molar-refractivity contribution in [2.75, 3.05) is 32.8 Å². The summed E-state index contributed by atoms with van der Waals surface area (Å²) in [7, 11) is 3.11. The van der Waals surface area contributed by atoms with Crippen molar-refractivity contribution in [2.45, 2.75) is 12.6 Å². The Morgan fingerprint density at radius 3 is 2.64 bits per heavy atom. The molecule has 0 unspecified atom stereocenters. The normalized spacial score (nSPS) is 16.6. The van der Waals surface area contributed by atoms with E-state index in [1.54, 1.807) is 50.6 Å². The van der Waals surface area contributed by atoms with E-state index in [-0.39, 0.29) is 31.6 Å². The lowest BCUT2D eigenvalue weighted by molar-refractivity contribution is -0.154. The Morgan fingerprint density at radius 1 is 1.21 bits per heavy atom. The number of benzene rings is 2. The number of hydrogen-bond acceptors (Lipinski definition) is 5. The minimum atomic E-state index is -0.760. The summed E-state index contributed by atoms with van der Waals surface area (Å²) in [6, 6.07) is 11.3. The highest BCUT2D eigenvalue weighted by molar-refractivity contribution is 6.30. The fourth-order valence-electron chi connectivity index (χ4n) is 2.94. The number of carbonyl (C=O) groups is 2. The Balaban J connectivity index is 1.79. The smallest absolute Gasteiger partial charge is 0.249 e. The van der Waals surface area contributed by atoms with Gasteiger partial charge in [0.1, 0.15) is 24.1 Å². The minimum Gasteiger partial charge on any atom is -0.497 e. The van der Waals surface area contributed by atoms with Gasteiger partial charge in [-0.25, -0.2) is 0 Å². The lowest BCUT2D eigenvalue weighted by Gasteiger charge is -2.34. The van der Waals surface area contributed by atoms with E-state index in [4.69, 9.17) is 25.8 Å². The van der Waals surface area contributed by atoms with E-state index in [9.17, 15) is 9.59 Å². The van der Waals surface area contributed by atoms with Crippen LogP contribution in [0.5, 0.6) is 11.5 Å². The van der Waals surface area contributed by atoms with Gasteiger partial charge in [-0.2, -0.15) is 0 Å². The number of methoxy groups -OCH3 is 2. The molecule has 1 aliphatic heterocycles. The van der Waals surface area contributed by atoms with Crippen LogP contribution in [-0.4, -0.2) is 50.2 Å². The van der Waals surface area contributed by atoms with Crippen LogP contribution in [0.1, 0.15) is 5.56 Å². The van der Waals surface area contributed by atoms with Gasteiger partial charge in [-0.3, -0.25) is 9.59 Å². The van der Waals surface area contributed by atoms with Gasteiger partial charge in [0, 0.05) is 22.3 Å². The molecule has 1 fully saturated rings. The maximum absolute atomic E-state index is 12.8. The summed E-state index contributed by atoms with van der Waals surface area (Å²) < 4.78 is 15.9. The molecule has 2 amide bonds. The van der Waals surface area contributed by atoms with Crippen LogP contribution in [0.4, 0.5) is 5.69 Å². The van der Waals surface area contributed by atoms with Gasteiger partial charge in [0.15, 0.2) is 0 Å². The summed E-state index contributed by atoms with van der Waals surface area (Å²) in [6.07, 6.45) is 0. The SMILES string of the molecule is COc1ccc(CN2C(=O)COC[C@H]2C(=O)Nc2ccc(Cl)cc2)c(OC)c1. The van der Waals surface area contributed by atoms with Gasteiger partial charge >= 0.3 is 0 Å². The van der Waals surface area contributed by atoms with Crippen LogP contribution >= 0.6 is 11.6 Å². The quantitative estimate of drug-likeness (QED) is 0.801. The minimum absolute atomic E-state index is 0.0663. The van der Waals surface area contributed by atoms with Crippen LogP contribution in [0.15, 0.2) is 42.5 Å². The Kier molecular flexibility index (Phi) is 6.38. The van der Waals surface area contributed by atoms with Gasteiger partial charge in [-0.05, 0) is 36.4 Å². The van der Waals surface area contributed by atoms with Crippen molar-refractivity contribution in [1.29, 1.82) is 0 Å². The maximum atomic E-state index is 12.8. The third-order valence-electron chi connectivity index (χ3n) is 4.45. The molecular formula is C20H21ClN2O5. The molecule has 0 bridgehead atoms. The van der Waals surface area contributed by atoms with Crippen LogP contribution in [0.3, 0.4) is 0 Å². The zero-order valence-electron chi connectivity index (χ0n) is 15.6. The van der Waals surface area contributed by atoms with Gasteiger partial charge in [0.25, 0.3) is 0 Å². The summed E-state index contributed by atoms with van der Waals surface area (Å²) in [5, 5.41) is 3.37. The third kappa shape index (κ3) is 4.55. The predicted octanol–water partition coefficient (Wildman–Crippen LogP) is 2.72. The molecule has 1 N–H and O–H groups in total. The molecule has 1 saturated heterocycles. The van der Waals surface area contributed by atoms with Crippen molar-refractivity contribution in [1.82, 2.24) is 4.90 Å². The summed E-state index contributed by atoms with van der Waals surface area (Å²) in [5.74, 6) is 0.629. The first kappa shape index (κ1) is 20.0. The summed E-state index contributed by atoms with van der Waals surface area (Å²) in [4.78, 5) is 26.8. The second-order valence-electron chi connectivity index (χ2n) is 6.23. The van der Waals surface area contributed by atoms with Crippen molar-refractivity contribution in [3.05, 3.63) is 53.1 Å². The molecule has 1 aliphatic rings. The second kappa shape index (κ2) is 8.95. The lowest BCUT2D eigenvalue weighted by Crippen LogP contribution is -2.54. The highest BCUT2D eigenvalue weighted by atomic mass is 35.5. The van der Waals surface area contributed by atoms with Crippen molar-refractivity contribution in [2.24, 2.45) is 0 Å². The number of hydrogen-bond donors (Lipinski definition) is 1. The average molecular weight is 405 g/mol. The average Bonchev–Trinajstić information content (AvgIpc) is 2.71. The van der Waals surface area contributed by atoms with E-state index in [1.807, 2.05) is 6.07 Å². The summed E-state index contributed by atoms with van der Waals surface area (Å²) in [6.45, 7) is 0.265. The number of morpholine rings is 1. The molecule has 2 aromatic rings. The highest BCUT2D eigenvalue weighted by Crippen LogP contribution is 2.27. The van der Waals surface area contributed by atoms with Crippen LogP contribution in [0.2, 0.25) is 5.02 Å². The van der Waals surface area contributed by atoms with Crippen molar-refractivity contribution in [3.8, 4) is 11.5 Å². The standard InChI is InChI=1S/C20H21ClN2O5/c1-26-16-8-3-13(18(9-16)27-2)10-23-17(11-28-12-19(23)24)20(25)22-15-6-4-14(21)5-7-15/h3-9,17H,10-12H2,1-2H3,(H,22,25)/t17-/m0/s1. The molecule has 0 aliphatic carbocycles. The zero-order valence-corrected chi connectivity index (χ0v) is 16.4. The zero-order chi connectivity index (χ0) is 20.1. The Bertz CT molecular complexity index is 856. The fourth-order valence-corrected chi connectivity index (χ4v) is 3.07. The molecule has 2 aromatic carbocycles. The fraction of sp³-hybridized carbons (Fsp3) is 0.300. The van der Waals surface area contributed by atoms with Gasteiger partial charge in [0.05, 0.1) is 27.4 Å². The molecule has 0 saturated carbocycles. The molecule has 1 heterocycles. The van der Waals surface area contributed by atoms with Crippen LogP contribution in [0, 0.1) is 0 Å². The molecule has 8 heteroatoms. The summed E-state index contributed by atoms with van der Waals surface area (Å²) >= 11 is 5.87. The van der Waals surface area contributed by atoms with Gasteiger partial charge < -0.3 is 24.4 Å². The van der Waals surface area contributed by atoms with Crippen LogP contribution < -0.4 is 14.8 Å². The number of anilines is 1. The lowest BCUT2D eigenvalue weighted by atomic mass is 10.1. The van der Waals surface area contributed by atoms with E-state index >= 15 is 0 Å². The molecule has 0 radical (unpaired) electrons. The molecule has 148 valence electrons. The predicted molar refractivity (Wildman–Crippen MR) is 105 cm³/mol. The molecule has 1 atom stereocenters. The number of rotatable bonds is 6. The van der Waals surface area contributed by atoms with Crippen molar-refractivity contribution < 1.29 is 23.8 Å². The van der Waals surface area contributed by atoms with Crippen LogP contribution in [-0.2, 0) is 20.9 Å². The van der Waals surface area contributed by atoms with E-state index < -0.39 is 6.04 Å². The molecular weight excluding hydrogens is 384 g/mol. The van der Waals surface area contributed by atoms with Gasteiger partial charge in [-0.1, -0.05) is 11.6 Å². The number of ether oxygens (including phenoxy) is 3. The van der Waals surface area contributed by atoms with E-state index in [2.05, 4.69) is 5.32 Å². The summed E-state index contributed by atoms with van der Waals surface area (Å²) in [5.41, 5.74) is 1.36. The molecule has 3 rings (SSSR count). The van der Waals surface area contributed by atoms with E-state index in [0.717, 1.165) is 5.56 Å². The third-order valence-corrected chi connectivity index (χ3v) is 4.70. The monoisotopic (exact) mass is 404 g/mol.